The van der Waals surface area contributed by atoms with Crippen molar-refractivity contribution in [3.8, 4) is 11.5 Å². The second-order valence-corrected chi connectivity index (χ2v) is 5.24. The van der Waals surface area contributed by atoms with Gasteiger partial charge in [0.15, 0.2) is 6.61 Å². The Balaban J connectivity index is 1.67. The number of esters is 1. The van der Waals surface area contributed by atoms with Crippen LogP contribution >= 0.6 is 0 Å². The van der Waals surface area contributed by atoms with E-state index in [2.05, 4.69) is 10.2 Å². The highest BCUT2D eigenvalue weighted by molar-refractivity contribution is 5.95. The Morgan fingerprint density at radius 3 is 2.50 bits per heavy atom. The summed E-state index contributed by atoms with van der Waals surface area (Å²) in [6, 6.07) is 11.4. The first-order chi connectivity index (χ1) is 12.3. The first-order valence-electron chi connectivity index (χ1n) is 7.36. The normalized spacial score (nSPS) is 11.3. The molecule has 0 aliphatic carbocycles. The Morgan fingerprint density at radius 1 is 1.12 bits per heavy atom. The number of nitrogens with two attached hydrogens (primary N) is 1. The highest BCUT2D eigenvalue weighted by atomic mass is 19.4. The van der Waals surface area contributed by atoms with E-state index in [-0.39, 0.29) is 29.6 Å². The fourth-order valence-electron chi connectivity index (χ4n) is 2.14. The third kappa shape index (κ3) is 3.82. The zero-order valence-electron chi connectivity index (χ0n) is 13.2. The summed E-state index contributed by atoms with van der Waals surface area (Å²) in [5.41, 5.74) is 4.75. The van der Waals surface area contributed by atoms with Crippen LogP contribution in [0.15, 0.2) is 52.9 Å². The van der Waals surface area contributed by atoms with Crippen LogP contribution in [-0.2, 0) is 17.5 Å². The molecular formula is C17H12F3N3O3. The molecular weight excluding hydrogens is 351 g/mol. The van der Waals surface area contributed by atoms with E-state index >= 15 is 0 Å². The molecule has 1 heterocycles. The molecule has 0 aliphatic rings. The van der Waals surface area contributed by atoms with Crippen molar-refractivity contribution in [2.45, 2.75) is 12.8 Å². The Hall–Kier alpha value is -3.36. The van der Waals surface area contributed by atoms with Crippen LogP contribution in [0.5, 0.6) is 0 Å². The SMILES string of the molecule is Nc1cc(C(F)(F)F)ccc1C(=O)OCc1nnc(-c2ccccc2)o1. The number of anilines is 1. The van der Waals surface area contributed by atoms with Crippen molar-refractivity contribution in [3.05, 3.63) is 65.5 Å². The lowest BCUT2D eigenvalue weighted by atomic mass is 10.1. The number of nitrogen functional groups attached to an aromatic ring is 1. The molecule has 1 aromatic heterocycles. The average Bonchev–Trinajstić information content (AvgIpc) is 3.08. The van der Waals surface area contributed by atoms with Gasteiger partial charge in [-0.1, -0.05) is 18.2 Å². The Kier molecular flexibility index (Phi) is 4.61. The van der Waals surface area contributed by atoms with E-state index in [0.29, 0.717) is 11.6 Å². The molecule has 3 aromatic rings. The number of alkyl halides is 3. The van der Waals surface area contributed by atoms with E-state index in [1.807, 2.05) is 6.07 Å². The summed E-state index contributed by atoms with van der Waals surface area (Å²) in [7, 11) is 0. The number of hydrogen-bond donors (Lipinski definition) is 1. The predicted molar refractivity (Wildman–Crippen MR) is 84.7 cm³/mol. The van der Waals surface area contributed by atoms with Gasteiger partial charge in [-0.2, -0.15) is 13.2 Å². The number of hydrogen-bond acceptors (Lipinski definition) is 6. The number of rotatable bonds is 4. The van der Waals surface area contributed by atoms with Crippen molar-refractivity contribution in [3.63, 3.8) is 0 Å². The molecule has 134 valence electrons. The summed E-state index contributed by atoms with van der Waals surface area (Å²) in [4.78, 5) is 12.0. The molecule has 2 N–H and O–H groups in total. The second-order valence-electron chi connectivity index (χ2n) is 5.24. The molecule has 26 heavy (non-hydrogen) atoms. The number of nitrogens with zero attached hydrogens (tertiary/aromatic N) is 2. The Labute approximate surface area is 145 Å². The van der Waals surface area contributed by atoms with Crippen molar-refractivity contribution in [1.82, 2.24) is 10.2 Å². The van der Waals surface area contributed by atoms with E-state index in [1.165, 1.54) is 0 Å². The summed E-state index contributed by atoms with van der Waals surface area (Å²) in [5, 5.41) is 7.59. The quantitative estimate of drug-likeness (QED) is 0.561. The number of carbonyl (C=O) groups excluding carboxylic acids is 1. The van der Waals surface area contributed by atoms with Crippen molar-refractivity contribution >= 4 is 11.7 Å². The van der Waals surface area contributed by atoms with E-state index in [0.717, 1.165) is 12.1 Å². The number of ether oxygens (including phenoxy) is 1. The summed E-state index contributed by atoms with van der Waals surface area (Å²) < 4.78 is 48.2. The van der Waals surface area contributed by atoms with Crippen LogP contribution < -0.4 is 5.73 Å². The molecule has 0 radical (unpaired) electrons. The van der Waals surface area contributed by atoms with Gasteiger partial charge < -0.3 is 14.9 Å². The molecule has 0 bridgehead atoms. The lowest BCUT2D eigenvalue weighted by Crippen LogP contribution is -2.11. The summed E-state index contributed by atoms with van der Waals surface area (Å²) in [6.07, 6.45) is -4.55. The van der Waals surface area contributed by atoms with E-state index in [9.17, 15) is 18.0 Å². The predicted octanol–water partition coefficient (Wildman–Crippen LogP) is 3.69. The van der Waals surface area contributed by atoms with E-state index in [1.54, 1.807) is 24.3 Å². The fourth-order valence-corrected chi connectivity index (χ4v) is 2.14. The number of halogens is 3. The highest BCUT2D eigenvalue weighted by Crippen LogP contribution is 2.31. The maximum Gasteiger partial charge on any atom is 0.416 e. The molecule has 0 unspecified atom stereocenters. The smallest absolute Gasteiger partial charge is 0.416 e. The van der Waals surface area contributed by atoms with Crippen molar-refractivity contribution in [2.24, 2.45) is 0 Å². The van der Waals surface area contributed by atoms with Crippen LogP contribution in [-0.4, -0.2) is 16.2 Å². The van der Waals surface area contributed by atoms with E-state index in [4.69, 9.17) is 14.9 Å². The molecule has 2 aromatic carbocycles. The maximum absolute atomic E-state index is 12.6. The summed E-state index contributed by atoms with van der Waals surface area (Å²) >= 11 is 0. The highest BCUT2D eigenvalue weighted by Gasteiger charge is 2.31. The molecule has 0 atom stereocenters. The Bertz CT molecular complexity index is 924. The van der Waals surface area contributed by atoms with Gasteiger partial charge in [-0.3, -0.25) is 0 Å². The Morgan fingerprint density at radius 2 is 1.85 bits per heavy atom. The van der Waals surface area contributed by atoms with Crippen LogP contribution in [0.2, 0.25) is 0 Å². The minimum atomic E-state index is -4.55. The maximum atomic E-state index is 12.6. The number of carbonyl (C=O) groups is 1. The van der Waals surface area contributed by atoms with E-state index < -0.39 is 17.7 Å². The van der Waals surface area contributed by atoms with Crippen LogP contribution in [0.1, 0.15) is 21.8 Å². The van der Waals surface area contributed by atoms with Gasteiger partial charge in [0.25, 0.3) is 5.89 Å². The first-order valence-corrected chi connectivity index (χ1v) is 7.36. The van der Waals surface area contributed by atoms with Crippen LogP contribution in [0, 0.1) is 0 Å². The van der Waals surface area contributed by atoms with Crippen molar-refractivity contribution in [2.75, 3.05) is 5.73 Å². The lowest BCUT2D eigenvalue weighted by molar-refractivity contribution is -0.137. The molecule has 9 heteroatoms. The molecule has 0 fully saturated rings. The molecule has 0 spiro atoms. The average molecular weight is 363 g/mol. The minimum absolute atomic E-state index is 0.0442. The molecule has 0 saturated carbocycles. The molecule has 0 saturated heterocycles. The monoisotopic (exact) mass is 363 g/mol. The van der Waals surface area contributed by atoms with Gasteiger partial charge in [0.2, 0.25) is 5.89 Å². The third-order valence-corrected chi connectivity index (χ3v) is 3.41. The molecule has 0 aliphatic heterocycles. The minimum Gasteiger partial charge on any atom is -0.452 e. The zero-order valence-corrected chi connectivity index (χ0v) is 13.2. The van der Waals surface area contributed by atoms with Crippen molar-refractivity contribution in [1.29, 1.82) is 0 Å². The second kappa shape index (κ2) is 6.87. The largest absolute Gasteiger partial charge is 0.452 e. The van der Waals surface area contributed by atoms with Crippen LogP contribution in [0.25, 0.3) is 11.5 Å². The molecule has 0 amide bonds. The molecule has 6 nitrogen and oxygen atoms in total. The van der Waals surface area contributed by atoms with Gasteiger partial charge in [-0.15, -0.1) is 10.2 Å². The number of aromatic nitrogens is 2. The first kappa shape index (κ1) is 17.5. The number of benzene rings is 2. The summed E-state index contributed by atoms with van der Waals surface area (Å²) in [6.45, 7) is -0.334. The van der Waals surface area contributed by atoms with Gasteiger partial charge >= 0.3 is 12.1 Å². The third-order valence-electron chi connectivity index (χ3n) is 3.41. The van der Waals surface area contributed by atoms with Crippen LogP contribution in [0.3, 0.4) is 0 Å². The van der Waals surface area contributed by atoms with Gasteiger partial charge in [-0.05, 0) is 30.3 Å². The van der Waals surface area contributed by atoms with Gasteiger partial charge in [0.1, 0.15) is 0 Å². The van der Waals surface area contributed by atoms with Crippen molar-refractivity contribution < 1.29 is 27.1 Å². The summed E-state index contributed by atoms with van der Waals surface area (Å²) in [5.74, 6) is -0.593. The molecule has 3 rings (SSSR count). The van der Waals surface area contributed by atoms with Crippen LogP contribution in [0.4, 0.5) is 18.9 Å². The zero-order chi connectivity index (χ0) is 18.7. The topological polar surface area (TPSA) is 91.2 Å². The fraction of sp³-hybridized carbons (Fsp3) is 0.118. The van der Waals surface area contributed by atoms with Gasteiger partial charge in [-0.25, -0.2) is 4.79 Å². The van der Waals surface area contributed by atoms with Gasteiger partial charge in [0, 0.05) is 11.3 Å². The van der Waals surface area contributed by atoms with Gasteiger partial charge in [0.05, 0.1) is 11.1 Å². The lowest BCUT2D eigenvalue weighted by Gasteiger charge is -2.10. The standard InChI is InChI=1S/C17H12F3N3O3/c18-17(19,20)11-6-7-12(13(21)8-11)16(24)25-9-14-22-23-15(26-14)10-4-2-1-3-5-10/h1-8H,9,21H2.